The van der Waals surface area contributed by atoms with E-state index in [0.29, 0.717) is 0 Å². The smallest absolute Gasteiger partial charge is 0.151 e. The number of benzene rings is 5. The Morgan fingerprint density at radius 2 is 0.823 bits per heavy atom. The molecule has 0 saturated carbocycles. The Morgan fingerprint density at radius 1 is 0.403 bits per heavy atom. The van der Waals surface area contributed by atoms with Crippen molar-refractivity contribution < 1.29 is 4.74 Å². The van der Waals surface area contributed by atoms with Crippen LogP contribution in [0.25, 0.3) is 76.5 Å². The van der Waals surface area contributed by atoms with E-state index in [0.717, 1.165) is 83.8 Å². The molecule has 1 aliphatic heterocycles. The quantitative estimate of drug-likeness (QED) is 0.166. The number of hydrogen-bond donors (Lipinski definition) is 0. The van der Waals surface area contributed by atoms with E-state index in [1.165, 1.54) is 43.7 Å². The fourth-order valence-electron chi connectivity index (χ4n) is 10.2. The first kappa shape index (κ1) is 37.4. The van der Waals surface area contributed by atoms with Gasteiger partial charge in [0.15, 0.2) is 11.5 Å². The minimum absolute atomic E-state index is 0.0149. The molecule has 12 rings (SSSR count). The summed E-state index contributed by atoms with van der Waals surface area (Å²) in [7, 11) is 0. The average molecular weight is 812 g/mol. The van der Waals surface area contributed by atoms with Crippen molar-refractivity contribution in [3.63, 3.8) is 0 Å². The third kappa shape index (κ3) is 4.92. The van der Waals surface area contributed by atoms with Gasteiger partial charge >= 0.3 is 0 Å². The van der Waals surface area contributed by atoms with Crippen LogP contribution in [0.3, 0.4) is 0 Å². The van der Waals surface area contributed by atoms with Crippen LogP contribution in [-0.2, 0) is 21.7 Å². The van der Waals surface area contributed by atoms with Crippen molar-refractivity contribution in [3.8, 4) is 11.5 Å². The highest BCUT2D eigenvalue weighted by Gasteiger charge is 2.36. The predicted octanol–water partition coefficient (Wildman–Crippen LogP) is 15.5. The van der Waals surface area contributed by atoms with Crippen molar-refractivity contribution in [3.05, 3.63) is 126 Å². The number of nitrogens with zero attached hydrogens (tertiary/aromatic N) is 5. The van der Waals surface area contributed by atoms with Crippen LogP contribution < -0.4 is 9.64 Å². The number of para-hydroxylation sites is 4. The minimum atomic E-state index is -0.178. The molecule has 0 unspecified atom stereocenters. The summed E-state index contributed by atoms with van der Waals surface area (Å²) in [4.78, 5) is 13.8. The number of ether oxygens (including phenoxy) is 1. The summed E-state index contributed by atoms with van der Waals surface area (Å²) < 4.78 is 11.8. The largest absolute Gasteiger partial charge is 0.453 e. The zero-order valence-electron chi connectivity index (χ0n) is 38.0. The maximum Gasteiger partial charge on any atom is 0.151 e. The predicted molar refractivity (Wildman–Crippen MR) is 261 cm³/mol. The van der Waals surface area contributed by atoms with Gasteiger partial charge < -0.3 is 13.5 Å². The molecule has 7 heterocycles. The Labute approximate surface area is 362 Å². The maximum absolute atomic E-state index is 6.73. The number of rotatable bonds is 1. The molecule has 0 spiro atoms. The van der Waals surface area contributed by atoms with Gasteiger partial charge in [-0.3, -0.25) is 4.90 Å². The van der Waals surface area contributed by atoms with Crippen LogP contribution in [0.4, 0.5) is 17.1 Å². The van der Waals surface area contributed by atoms with Crippen molar-refractivity contribution in [2.75, 3.05) is 4.90 Å². The lowest BCUT2D eigenvalue weighted by Crippen LogP contribution is -2.17. The van der Waals surface area contributed by atoms with Crippen LogP contribution in [0.15, 0.2) is 103 Å². The average Bonchev–Trinajstić information content (AvgIpc) is 3.93. The van der Waals surface area contributed by atoms with Crippen molar-refractivity contribution in [1.29, 1.82) is 0 Å². The molecule has 0 aliphatic carbocycles. The van der Waals surface area contributed by atoms with Gasteiger partial charge in [0.2, 0.25) is 0 Å². The van der Waals surface area contributed by atoms with Crippen LogP contribution >= 0.6 is 0 Å². The van der Waals surface area contributed by atoms with Gasteiger partial charge in [0.05, 0.1) is 61.2 Å². The molecule has 0 saturated heterocycles. The molecule has 5 aromatic carbocycles. The van der Waals surface area contributed by atoms with Crippen molar-refractivity contribution in [1.82, 2.24) is 18.8 Å². The first-order valence-corrected chi connectivity index (χ1v) is 22.2. The molecule has 0 atom stereocenters. The van der Waals surface area contributed by atoms with E-state index in [1.54, 1.807) is 0 Å². The molecule has 0 radical (unpaired) electrons. The second-order valence-electron chi connectivity index (χ2n) is 22.0. The zero-order valence-corrected chi connectivity index (χ0v) is 38.0. The third-order valence-corrected chi connectivity index (χ3v) is 13.6. The number of hydrogen-bond acceptors (Lipinski definition) is 4. The highest BCUT2D eigenvalue weighted by Crippen LogP contribution is 2.57. The van der Waals surface area contributed by atoms with Crippen molar-refractivity contribution in [2.24, 2.45) is 0 Å². The van der Waals surface area contributed by atoms with Gasteiger partial charge in [-0.15, -0.1) is 0 Å². The SMILES string of the molecule is CC(C)(C)c1ccc2c(c1)c1cc(C(C)(C)C)nc3c4cc5c6nc(C(C)(C)C)cc7c8cc(C(C)(C)C)ccc8n(c5c(N5c8ccccc8Oc8ccccc85)c4n2c13)c76. The Balaban J connectivity index is 1.40. The molecule has 308 valence electrons. The van der Waals surface area contributed by atoms with E-state index in [9.17, 15) is 0 Å². The van der Waals surface area contributed by atoms with E-state index >= 15 is 0 Å². The molecule has 0 fully saturated rings. The molecule has 62 heavy (non-hydrogen) atoms. The third-order valence-electron chi connectivity index (χ3n) is 13.6. The summed E-state index contributed by atoms with van der Waals surface area (Å²) in [5, 5.41) is 7.23. The molecule has 0 N–H and O–H groups in total. The van der Waals surface area contributed by atoms with Crippen LogP contribution in [0, 0.1) is 0 Å². The molecular weight excluding hydrogens is 759 g/mol. The topological polar surface area (TPSA) is 47.1 Å². The molecule has 1 aliphatic rings. The molecule has 0 amide bonds. The Morgan fingerprint density at radius 3 is 1.23 bits per heavy atom. The van der Waals surface area contributed by atoms with Gasteiger partial charge in [-0.2, -0.15) is 0 Å². The number of aromatic nitrogens is 4. The highest BCUT2D eigenvalue weighted by atomic mass is 16.5. The molecule has 6 nitrogen and oxygen atoms in total. The summed E-state index contributed by atoms with van der Waals surface area (Å²) in [5.74, 6) is 1.64. The fraction of sp³-hybridized carbons (Fsp3) is 0.286. The monoisotopic (exact) mass is 811 g/mol. The van der Waals surface area contributed by atoms with Gasteiger partial charge in [0, 0.05) is 54.5 Å². The number of pyridine rings is 2. The molecule has 0 bridgehead atoms. The maximum atomic E-state index is 6.73. The second-order valence-corrected chi connectivity index (χ2v) is 22.0. The first-order chi connectivity index (χ1) is 29.3. The number of anilines is 3. The van der Waals surface area contributed by atoms with Gasteiger partial charge in [-0.1, -0.05) is 119 Å². The summed E-state index contributed by atoms with van der Waals surface area (Å²) in [5.41, 5.74) is 16.4. The summed E-state index contributed by atoms with van der Waals surface area (Å²) in [6, 6.07) is 38.4. The van der Waals surface area contributed by atoms with Gasteiger partial charge in [-0.25, -0.2) is 9.97 Å². The standard InChI is InChI=1S/C56H53N5O/c1-53(2,3)30-21-23-38-32(25-30)34-28-44(55(7,8)9)57-46-36-27-37-47-49-35(29-45(58-47)56(10,11)12)33-26-31(54(4,5)6)22-24-39(33)61(49)51(37)52(50(36)60(38)48(34)46)59-40-17-13-15-19-42(40)62-43-20-16-14-18-41(43)59/h13-29H,1-12H3. The molecule has 6 aromatic heterocycles. The van der Waals surface area contributed by atoms with Crippen LogP contribution in [0.2, 0.25) is 0 Å². The Bertz CT molecular complexity index is 3470. The summed E-state index contributed by atoms with van der Waals surface area (Å²) >= 11 is 0. The molecular formula is C56H53N5O. The van der Waals surface area contributed by atoms with Crippen LogP contribution in [0.5, 0.6) is 11.5 Å². The molecule has 11 aromatic rings. The number of fused-ring (bicyclic) bond motifs is 14. The zero-order chi connectivity index (χ0) is 43.2. The van der Waals surface area contributed by atoms with Crippen LogP contribution in [0.1, 0.15) is 106 Å². The van der Waals surface area contributed by atoms with Gasteiger partial charge in [-0.05, 0) is 88.7 Å². The van der Waals surface area contributed by atoms with Crippen molar-refractivity contribution >= 4 is 93.5 Å². The van der Waals surface area contributed by atoms with Gasteiger partial charge in [0.25, 0.3) is 0 Å². The van der Waals surface area contributed by atoms with Gasteiger partial charge in [0.1, 0.15) is 0 Å². The lowest BCUT2D eigenvalue weighted by Gasteiger charge is -2.33. The van der Waals surface area contributed by atoms with E-state index in [-0.39, 0.29) is 21.7 Å². The molecule has 6 heteroatoms. The fourth-order valence-corrected chi connectivity index (χ4v) is 10.2. The summed E-state index contributed by atoms with van der Waals surface area (Å²) in [6.07, 6.45) is 0. The van der Waals surface area contributed by atoms with E-state index < -0.39 is 0 Å². The Hall–Kier alpha value is -6.40. The second kappa shape index (κ2) is 11.7. The summed E-state index contributed by atoms with van der Waals surface area (Å²) in [6.45, 7) is 27.5. The van der Waals surface area contributed by atoms with E-state index in [4.69, 9.17) is 14.7 Å². The lowest BCUT2D eigenvalue weighted by molar-refractivity contribution is 0.477. The highest BCUT2D eigenvalue weighted by molar-refractivity contribution is 6.32. The van der Waals surface area contributed by atoms with Crippen molar-refractivity contribution in [2.45, 2.75) is 105 Å². The Kier molecular flexibility index (Phi) is 7.08. The first-order valence-electron chi connectivity index (χ1n) is 22.2. The normalized spacial score (nSPS) is 14.2. The van der Waals surface area contributed by atoms with E-state index in [1.807, 2.05) is 0 Å². The van der Waals surface area contributed by atoms with Crippen LogP contribution in [-0.4, -0.2) is 18.8 Å². The minimum Gasteiger partial charge on any atom is -0.453 e. The van der Waals surface area contributed by atoms with E-state index in [2.05, 4.69) is 200 Å². The lowest BCUT2D eigenvalue weighted by atomic mass is 9.86.